The summed E-state index contributed by atoms with van der Waals surface area (Å²) in [6.45, 7) is 2.99. The molecular formula is C14H18N2O3. The van der Waals surface area contributed by atoms with Crippen molar-refractivity contribution in [2.45, 2.75) is 13.3 Å². The van der Waals surface area contributed by atoms with E-state index in [9.17, 15) is 9.59 Å². The van der Waals surface area contributed by atoms with Crippen molar-refractivity contribution in [1.82, 2.24) is 4.90 Å². The van der Waals surface area contributed by atoms with Gasteiger partial charge in [-0.3, -0.25) is 4.79 Å². The van der Waals surface area contributed by atoms with Crippen LogP contribution in [0, 0.1) is 12.8 Å². The topological polar surface area (TPSA) is 58.6 Å². The molecule has 19 heavy (non-hydrogen) atoms. The molecule has 0 radical (unpaired) electrons. The number of nitrogens with zero attached hydrogens (tertiary/aromatic N) is 1. The lowest BCUT2D eigenvalue weighted by atomic mass is 10.1. The van der Waals surface area contributed by atoms with Crippen molar-refractivity contribution in [3.8, 4) is 0 Å². The van der Waals surface area contributed by atoms with Crippen molar-refractivity contribution in [3.63, 3.8) is 0 Å². The molecule has 1 N–H and O–H groups in total. The molecule has 1 aliphatic rings. The lowest BCUT2D eigenvalue weighted by Crippen LogP contribution is -2.33. The van der Waals surface area contributed by atoms with Gasteiger partial charge in [0.2, 0.25) is 0 Å². The summed E-state index contributed by atoms with van der Waals surface area (Å²) in [7, 11) is 1.37. The van der Waals surface area contributed by atoms with Crippen LogP contribution in [0.2, 0.25) is 0 Å². The number of aryl methyl sites for hydroxylation is 1. The summed E-state index contributed by atoms with van der Waals surface area (Å²) >= 11 is 0. The van der Waals surface area contributed by atoms with Gasteiger partial charge in [-0.2, -0.15) is 0 Å². The van der Waals surface area contributed by atoms with Crippen LogP contribution >= 0.6 is 0 Å². The number of rotatable bonds is 2. The molecule has 0 aromatic heterocycles. The summed E-state index contributed by atoms with van der Waals surface area (Å²) in [5.74, 6) is -0.445. The number of likely N-dealkylation sites (tertiary alicyclic amines) is 1. The van der Waals surface area contributed by atoms with Crippen LogP contribution in [0.3, 0.4) is 0 Å². The Balaban J connectivity index is 1.91. The van der Waals surface area contributed by atoms with Crippen LogP contribution in [-0.4, -0.2) is 37.1 Å². The molecule has 1 saturated heterocycles. The summed E-state index contributed by atoms with van der Waals surface area (Å²) in [5, 5.41) is 2.82. The largest absolute Gasteiger partial charge is 0.469 e. The number of benzene rings is 1. The zero-order valence-electron chi connectivity index (χ0n) is 11.2. The second kappa shape index (κ2) is 5.73. The Morgan fingerprint density at radius 3 is 2.63 bits per heavy atom. The van der Waals surface area contributed by atoms with Gasteiger partial charge >= 0.3 is 12.0 Å². The smallest absolute Gasteiger partial charge is 0.321 e. The zero-order valence-corrected chi connectivity index (χ0v) is 11.2. The van der Waals surface area contributed by atoms with Crippen LogP contribution < -0.4 is 5.32 Å². The van der Waals surface area contributed by atoms with Crippen molar-refractivity contribution in [2.24, 2.45) is 5.92 Å². The third-order valence-corrected chi connectivity index (χ3v) is 3.31. The molecule has 1 fully saturated rings. The Bertz CT molecular complexity index is 470. The van der Waals surface area contributed by atoms with Gasteiger partial charge in [-0.05, 0) is 25.5 Å². The number of ether oxygens (including phenoxy) is 1. The lowest BCUT2D eigenvalue weighted by Gasteiger charge is -2.17. The SMILES string of the molecule is COC(=O)C1CCN(C(=O)Nc2ccc(C)cc2)C1. The van der Waals surface area contributed by atoms with Crippen LogP contribution in [0.1, 0.15) is 12.0 Å². The van der Waals surface area contributed by atoms with E-state index in [-0.39, 0.29) is 17.9 Å². The Kier molecular flexibility index (Phi) is 4.04. The normalized spacial score (nSPS) is 18.2. The molecule has 1 aromatic rings. The summed E-state index contributed by atoms with van der Waals surface area (Å²) in [5.41, 5.74) is 1.90. The number of anilines is 1. The summed E-state index contributed by atoms with van der Waals surface area (Å²) in [6, 6.07) is 7.44. The predicted octanol–water partition coefficient (Wildman–Crippen LogP) is 2.02. The lowest BCUT2D eigenvalue weighted by molar-refractivity contribution is -0.144. The van der Waals surface area contributed by atoms with Crippen LogP contribution in [0.25, 0.3) is 0 Å². The molecule has 5 heteroatoms. The van der Waals surface area contributed by atoms with E-state index in [0.717, 1.165) is 11.3 Å². The summed E-state index contributed by atoms with van der Waals surface area (Å²) in [6.07, 6.45) is 0.661. The van der Waals surface area contributed by atoms with E-state index in [0.29, 0.717) is 19.5 Å². The first-order chi connectivity index (χ1) is 9.10. The number of esters is 1. The minimum absolute atomic E-state index is 0.171. The van der Waals surface area contributed by atoms with Gasteiger partial charge in [0, 0.05) is 18.8 Å². The molecule has 0 saturated carbocycles. The van der Waals surface area contributed by atoms with Crippen LogP contribution in [0.5, 0.6) is 0 Å². The number of hydrogen-bond donors (Lipinski definition) is 1. The Hall–Kier alpha value is -2.04. The van der Waals surface area contributed by atoms with Crippen LogP contribution in [-0.2, 0) is 9.53 Å². The Morgan fingerprint density at radius 1 is 1.32 bits per heavy atom. The Morgan fingerprint density at radius 2 is 2.00 bits per heavy atom. The average Bonchev–Trinajstić information content (AvgIpc) is 2.90. The minimum atomic E-state index is -0.245. The van der Waals surface area contributed by atoms with Crippen molar-refractivity contribution in [3.05, 3.63) is 29.8 Å². The van der Waals surface area contributed by atoms with Gasteiger partial charge in [0.05, 0.1) is 13.0 Å². The van der Waals surface area contributed by atoms with E-state index in [1.807, 2.05) is 31.2 Å². The quantitative estimate of drug-likeness (QED) is 0.829. The van der Waals surface area contributed by atoms with E-state index in [1.54, 1.807) is 4.90 Å². The fraction of sp³-hybridized carbons (Fsp3) is 0.429. The highest BCUT2D eigenvalue weighted by molar-refractivity contribution is 5.90. The second-order valence-electron chi connectivity index (χ2n) is 4.75. The number of amides is 2. The summed E-state index contributed by atoms with van der Waals surface area (Å²) < 4.78 is 4.70. The molecule has 0 aliphatic carbocycles. The number of methoxy groups -OCH3 is 1. The van der Waals surface area contributed by atoms with Gasteiger partial charge in [-0.1, -0.05) is 17.7 Å². The molecule has 1 unspecified atom stereocenters. The third-order valence-electron chi connectivity index (χ3n) is 3.31. The molecule has 1 heterocycles. The molecule has 2 rings (SSSR count). The predicted molar refractivity (Wildman–Crippen MR) is 71.9 cm³/mol. The number of carbonyl (C=O) groups excluding carboxylic acids is 2. The standard InChI is InChI=1S/C14H18N2O3/c1-10-3-5-12(6-4-10)15-14(18)16-8-7-11(9-16)13(17)19-2/h3-6,11H,7-9H2,1-2H3,(H,15,18). The fourth-order valence-corrected chi connectivity index (χ4v) is 2.14. The molecule has 1 aromatic carbocycles. The zero-order chi connectivity index (χ0) is 13.8. The van der Waals surface area contributed by atoms with Crippen molar-refractivity contribution in [1.29, 1.82) is 0 Å². The van der Waals surface area contributed by atoms with Crippen molar-refractivity contribution >= 4 is 17.7 Å². The van der Waals surface area contributed by atoms with E-state index >= 15 is 0 Å². The molecule has 1 atom stereocenters. The molecule has 1 aliphatic heterocycles. The second-order valence-corrected chi connectivity index (χ2v) is 4.75. The van der Waals surface area contributed by atoms with Gasteiger partial charge in [0.1, 0.15) is 0 Å². The number of nitrogens with one attached hydrogen (secondary N) is 1. The first-order valence-corrected chi connectivity index (χ1v) is 6.30. The molecule has 0 bridgehead atoms. The van der Waals surface area contributed by atoms with Gasteiger partial charge in [0.25, 0.3) is 0 Å². The maximum absolute atomic E-state index is 12.0. The van der Waals surface area contributed by atoms with E-state index in [1.165, 1.54) is 7.11 Å². The van der Waals surface area contributed by atoms with Crippen LogP contribution in [0.4, 0.5) is 10.5 Å². The minimum Gasteiger partial charge on any atom is -0.469 e. The van der Waals surface area contributed by atoms with Gasteiger partial charge in [-0.15, -0.1) is 0 Å². The molecule has 102 valence electrons. The third kappa shape index (κ3) is 3.24. The van der Waals surface area contributed by atoms with Gasteiger partial charge in [0.15, 0.2) is 0 Å². The van der Waals surface area contributed by atoms with Crippen LogP contribution in [0.15, 0.2) is 24.3 Å². The molecular weight excluding hydrogens is 244 g/mol. The monoisotopic (exact) mass is 262 g/mol. The van der Waals surface area contributed by atoms with Crippen molar-refractivity contribution in [2.75, 3.05) is 25.5 Å². The number of urea groups is 1. The van der Waals surface area contributed by atoms with Gasteiger partial charge in [-0.25, -0.2) is 4.79 Å². The fourth-order valence-electron chi connectivity index (χ4n) is 2.14. The van der Waals surface area contributed by atoms with E-state index in [2.05, 4.69) is 5.32 Å². The van der Waals surface area contributed by atoms with E-state index < -0.39 is 0 Å². The molecule has 2 amide bonds. The highest BCUT2D eigenvalue weighted by Crippen LogP contribution is 2.19. The number of carbonyl (C=O) groups is 2. The maximum atomic E-state index is 12.0. The maximum Gasteiger partial charge on any atom is 0.321 e. The first kappa shape index (κ1) is 13.4. The highest BCUT2D eigenvalue weighted by Gasteiger charge is 2.31. The van der Waals surface area contributed by atoms with Gasteiger partial charge < -0.3 is 15.0 Å². The van der Waals surface area contributed by atoms with E-state index in [4.69, 9.17) is 4.74 Å². The number of hydrogen-bond acceptors (Lipinski definition) is 3. The Labute approximate surface area is 112 Å². The molecule has 5 nitrogen and oxygen atoms in total. The first-order valence-electron chi connectivity index (χ1n) is 6.30. The van der Waals surface area contributed by atoms with Crippen molar-refractivity contribution < 1.29 is 14.3 Å². The molecule has 0 spiro atoms. The highest BCUT2D eigenvalue weighted by atomic mass is 16.5. The summed E-state index contributed by atoms with van der Waals surface area (Å²) in [4.78, 5) is 25.1. The average molecular weight is 262 g/mol.